The summed E-state index contributed by atoms with van der Waals surface area (Å²) in [5.74, 6) is 0.300. The maximum atomic E-state index is 14.2. The lowest BCUT2D eigenvalue weighted by molar-refractivity contribution is 0.0134. The van der Waals surface area contributed by atoms with E-state index in [4.69, 9.17) is 32.8 Å². The first-order valence-electron chi connectivity index (χ1n) is 13.6. The predicted octanol–water partition coefficient (Wildman–Crippen LogP) is 4.33. The smallest absolute Gasteiger partial charge is 0.342 e. The van der Waals surface area contributed by atoms with Gasteiger partial charge in [0.05, 0.1) is 21.3 Å². The van der Waals surface area contributed by atoms with Crippen LogP contribution in [0.2, 0.25) is 0 Å². The minimum absolute atomic E-state index is 0.0120. The number of rotatable bonds is 5. The molecule has 3 atom stereocenters. The van der Waals surface area contributed by atoms with E-state index in [1.165, 1.54) is 21.3 Å². The molecule has 2 aliphatic heterocycles. The number of hydrogen-bond acceptors (Lipinski definition) is 11. The third-order valence-electron chi connectivity index (χ3n) is 8.27. The number of carbonyl (C=O) groups excluding carboxylic acids is 1. The van der Waals surface area contributed by atoms with E-state index in [1.807, 2.05) is 6.92 Å². The third kappa shape index (κ3) is 3.40. The summed E-state index contributed by atoms with van der Waals surface area (Å²) >= 11 is 0. The molecule has 4 aromatic rings. The molecule has 2 N–H and O–H groups in total. The Morgan fingerprint density at radius 3 is 2.38 bits per heavy atom. The largest absolute Gasteiger partial charge is 0.495 e. The molecule has 1 aromatic heterocycles. The highest BCUT2D eigenvalue weighted by atomic mass is 16.7. The van der Waals surface area contributed by atoms with E-state index in [-0.39, 0.29) is 80.1 Å². The van der Waals surface area contributed by atoms with Crippen molar-refractivity contribution in [2.75, 3.05) is 28.1 Å². The Morgan fingerprint density at radius 2 is 1.67 bits per heavy atom. The molecule has 7 rings (SSSR count). The van der Waals surface area contributed by atoms with E-state index >= 15 is 0 Å². The SMILES string of the molecule is CCC[C@@H]1Cc2cc3c(c(OC)c2C(=O)O1)-c1c(c(OC)c2oc4ccc5c(c4c(=O)c2c1OC)OCO5)C(O)C3O. The fourth-order valence-corrected chi connectivity index (χ4v) is 6.55. The Hall–Kier alpha value is -4.48. The molecule has 0 amide bonds. The molecule has 0 bridgehead atoms. The number of methoxy groups -OCH3 is 3. The number of hydrogen-bond donors (Lipinski definition) is 2. The van der Waals surface area contributed by atoms with Gasteiger partial charge in [0.25, 0.3) is 0 Å². The zero-order chi connectivity index (χ0) is 29.4. The normalized spacial score (nSPS) is 20.1. The lowest BCUT2D eigenvalue weighted by Gasteiger charge is -2.35. The van der Waals surface area contributed by atoms with Gasteiger partial charge in [-0.25, -0.2) is 4.79 Å². The van der Waals surface area contributed by atoms with Crippen molar-refractivity contribution in [3.63, 3.8) is 0 Å². The van der Waals surface area contributed by atoms with Gasteiger partial charge in [-0.1, -0.05) is 19.4 Å². The Morgan fingerprint density at radius 1 is 0.905 bits per heavy atom. The molecule has 0 saturated carbocycles. The highest BCUT2D eigenvalue weighted by Crippen LogP contribution is 2.59. The van der Waals surface area contributed by atoms with Gasteiger partial charge in [0.1, 0.15) is 51.7 Å². The fraction of sp³-hybridized carbons (Fsp3) is 0.355. The van der Waals surface area contributed by atoms with Gasteiger partial charge in [-0.15, -0.1) is 0 Å². The van der Waals surface area contributed by atoms with Gasteiger partial charge < -0.3 is 43.1 Å². The standard InChI is InChI=1S/C31H28O11/c1-5-6-13-9-12-10-14-18(27(36-2)17(12)31(35)41-13)20-21(25(34)23(14)32)29(38-4)30-22(28(20)37-3)24(33)19-15(42-30)7-8-16-26(19)40-11-39-16/h7-8,10,13,23,25,32,34H,5-6,9,11H2,1-4H3/t13-,23?,25?/m1/s1. The number of aliphatic hydroxyl groups is 2. The fourth-order valence-electron chi connectivity index (χ4n) is 6.55. The van der Waals surface area contributed by atoms with Crippen molar-refractivity contribution in [3.8, 4) is 39.9 Å². The van der Waals surface area contributed by atoms with E-state index in [0.717, 1.165) is 6.42 Å². The Balaban J connectivity index is 1.63. The van der Waals surface area contributed by atoms with Gasteiger partial charge in [-0.05, 0) is 29.7 Å². The van der Waals surface area contributed by atoms with Crippen LogP contribution in [0.3, 0.4) is 0 Å². The number of cyclic esters (lactones) is 1. The van der Waals surface area contributed by atoms with Crippen molar-refractivity contribution < 1.29 is 47.8 Å². The van der Waals surface area contributed by atoms with E-state index in [9.17, 15) is 19.8 Å². The number of benzene rings is 3. The van der Waals surface area contributed by atoms with E-state index < -0.39 is 23.6 Å². The molecule has 1 aliphatic carbocycles. The second kappa shape index (κ2) is 9.53. The van der Waals surface area contributed by atoms with Crippen LogP contribution in [0.15, 0.2) is 27.4 Å². The Labute approximate surface area is 239 Å². The number of esters is 1. The summed E-state index contributed by atoms with van der Waals surface area (Å²) in [6.07, 6.45) is -1.31. The summed E-state index contributed by atoms with van der Waals surface area (Å²) in [7, 11) is 4.16. The maximum Gasteiger partial charge on any atom is 0.342 e. The van der Waals surface area contributed by atoms with Crippen molar-refractivity contribution in [1.29, 1.82) is 0 Å². The second-order valence-corrected chi connectivity index (χ2v) is 10.5. The van der Waals surface area contributed by atoms with Gasteiger partial charge >= 0.3 is 5.97 Å². The first-order chi connectivity index (χ1) is 20.3. The van der Waals surface area contributed by atoms with Gasteiger partial charge in [0.15, 0.2) is 22.8 Å². The summed E-state index contributed by atoms with van der Waals surface area (Å²) in [4.78, 5) is 27.6. The maximum absolute atomic E-state index is 14.2. The zero-order valence-corrected chi connectivity index (χ0v) is 23.4. The first kappa shape index (κ1) is 26.4. The molecular formula is C31H28O11. The van der Waals surface area contributed by atoms with Crippen LogP contribution >= 0.6 is 0 Å². The van der Waals surface area contributed by atoms with Crippen LogP contribution in [-0.4, -0.2) is 50.4 Å². The van der Waals surface area contributed by atoms with Crippen LogP contribution < -0.4 is 29.1 Å². The minimum atomic E-state index is -1.50. The van der Waals surface area contributed by atoms with E-state index in [1.54, 1.807) is 18.2 Å². The molecule has 42 heavy (non-hydrogen) atoms. The second-order valence-electron chi connectivity index (χ2n) is 10.5. The molecule has 0 saturated heterocycles. The number of aliphatic hydroxyl groups excluding tert-OH is 2. The van der Waals surface area contributed by atoms with Gasteiger partial charge in [-0.2, -0.15) is 0 Å². The van der Waals surface area contributed by atoms with Crippen molar-refractivity contribution in [3.05, 3.63) is 50.7 Å². The summed E-state index contributed by atoms with van der Waals surface area (Å²) < 4.78 is 40.5. The molecule has 0 radical (unpaired) electrons. The predicted molar refractivity (Wildman–Crippen MR) is 149 cm³/mol. The monoisotopic (exact) mass is 576 g/mol. The quantitative estimate of drug-likeness (QED) is 0.259. The molecular weight excluding hydrogens is 548 g/mol. The molecule has 0 spiro atoms. The van der Waals surface area contributed by atoms with Crippen molar-refractivity contribution in [2.45, 2.75) is 44.5 Å². The van der Waals surface area contributed by atoms with Crippen LogP contribution in [0.4, 0.5) is 0 Å². The lowest BCUT2D eigenvalue weighted by Crippen LogP contribution is -2.30. The number of fused-ring (bicyclic) bond motifs is 8. The Bertz CT molecular complexity index is 1870. The summed E-state index contributed by atoms with van der Waals surface area (Å²) in [6.45, 7) is 1.95. The zero-order valence-electron chi connectivity index (χ0n) is 23.4. The average molecular weight is 577 g/mol. The van der Waals surface area contributed by atoms with Gasteiger partial charge in [0.2, 0.25) is 12.2 Å². The molecule has 2 unspecified atom stereocenters. The highest BCUT2D eigenvalue weighted by Gasteiger charge is 2.44. The first-order valence-corrected chi connectivity index (χ1v) is 13.6. The van der Waals surface area contributed by atoms with Crippen LogP contribution in [0.5, 0.6) is 28.7 Å². The van der Waals surface area contributed by atoms with Crippen LogP contribution in [0, 0.1) is 0 Å². The lowest BCUT2D eigenvalue weighted by atomic mass is 9.77. The minimum Gasteiger partial charge on any atom is -0.495 e. The van der Waals surface area contributed by atoms with Crippen LogP contribution in [0.25, 0.3) is 33.1 Å². The molecule has 3 heterocycles. The van der Waals surface area contributed by atoms with E-state index in [2.05, 4.69) is 0 Å². The van der Waals surface area contributed by atoms with Gasteiger partial charge in [0, 0.05) is 23.1 Å². The molecule has 3 aromatic carbocycles. The van der Waals surface area contributed by atoms with Gasteiger partial charge in [-0.3, -0.25) is 4.79 Å². The van der Waals surface area contributed by atoms with E-state index in [0.29, 0.717) is 29.7 Å². The Kier molecular flexibility index (Phi) is 6.00. The molecule has 11 heteroatoms. The molecule has 218 valence electrons. The number of carbonyl (C=O) groups is 1. The number of ether oxygens (including phenoxy) is 6. The summed E-state index contributed by atoms with van der Waals surface area (Å²) in [5.41, 5.74) is 1.55. The van der Waals surface area contributed by atoms with Crippen molar-refractivity contribution in [1.82, 2.24) is 0 Å². The topological polar surface area (TPSA) is 143 Å². The molecule has 0 fully saturated rings. The van der Waals surface area contributed by atoms with Crippen molar-refractivity contribution in [2.24, 2.45) is 0 Å². The van der Waals surface area contributed by atoms with Crippen LogP contribution in [0.1, 0.15) is 59.0 Å². The summed E-state index contributed by atoms with van der Waals surface area (Å²) in [6, 6.07) is 4.92. The van der Waals surface area contributed by atoms with Crippen LogP contribution in [-0.2, 0) is 11.2 Å². The molecule has 11 nitrogen and oxygen atoms in total. The molecule has 3 aliphatic rings. The summed E-state index contributed by atoms with van der Waals surface area (Å²) in [5, 5.41) is 23.2. The highest BCUT2D eigenvalue weighted by molar-refractivity contribution is 6.07. The van der Waals surface area contributed by atoms with Crippen molar-refractivity contribution >= 4 is 27.9 Å². The average Bonchev–Trinajstić information content (AvgIpc) is 3.47. The third-order valence-corrected chi connectivity index (χ3v) is 8.27.